The van der Waals surface area contributed by atoms with Crippen molar-refractivity contribution < 1.29 is 0 Å². The molecule has 5 heteroatoms. The van der Waals surface area contributed by atoms with Crippen molar-refractivity contribution in [2.24, 2.45) is 0 Å². The molecular weight excluding hydrogens is 274 g/mol. The molecule has 0 radical (unpaired) electrons. The van der Waals surface area contributed by atoms with Crippen LogP contribution in [0.2, 0.25) is 0 Å². The highest BCUT2D eigenvalue weighted by Gasteiger charge is 2.18. The van der Waals surface area contributed by atoms with Crippen LogP contribution in [0.1, 0.15) is 6.92 Å². The second-order valence-electron chi connectivity index (χ2n) is 5.53. The summed E-state index contributed by atoms with van der Waals surface area (Å²) in [7, 11) is 2.04. The molecule has 0 spiro atoms. The number of anilines is 3. The van der Waals surface area contributed by atoms with Crippen LogP contribution in [0.5, 0.6) is 0 Å². The molecule has 5 nitrogen and oxygen atoms in total. The van der Waals surface area contributed by atoms with E-state index in [0.29, 0.717) is 0 Å². The first-order chi connectivity index (χ1) is 10.8. The van der Waals surface area contributed by atoms with E-state index in [0.717, 1.165) is 50.2 Å². The first-order valence-corrected chi connectivity index (χ1v) is 7.87. The monoisotopic (exact) mass is 297 g/mol. The van der Waals surface area contributed by atoms with Gasteiger partial charge in [-0.15, -0.1) is 0 Å². The summed E-state index contributed by atoms with van der Waals surface area (Å²) < 4.78 is 0. The number of para-hydroxylation sites is 1. The maximum absolute atomic E-state index is 4.75. The molecule has 0 N–H and O–H groups in total. The van der Waals surface area contributed by atoms with Gasteiger partial charge in [0.1, 0.15) is 5.82 Å². The predicted molar refractivity (Wildman–Crippen MR) is 90.9 cm³/mol. The van der Waals surface area contributed by atoms with Gasteiger partial charge in [0.05, 0.1) is 0 Å². The van der Waals surface area contributed by atoms with Crippen LogP contribution in [0.3, 0.4) is 0 Å². The number of nitrogens with zero attached hydrogens (tertiary/aromatic N) is 5. The number of benzene rings is 1. The summed E-state index contributed by atoms with van der Waals surface area (Å²) in [5, 5.41) is 0. The fourth-order valence-electron chi connectivity index (χ4n) is 2.73. The van der Waals surface area contributed by atoms with Gasteiger partial charge in [-0.25, -0.2) is 4.98 Å². The van der Waals surface area contributed by atoms with Crippen LogP contribution in [0.4, 0.5) is 17.5 Å². The first kappa shape index (κ1) is 14.8. The van der Waals surface area contributed by atoms with Crippen molar-refractivity contribution in [1.82, 2.24) is 14.9 Å². The van der Waals surface area contributed by atoms with Crippen LogP contribution < -0.4 is 9.80 Å². The van der Waals surface area contributed by atoms with Crippen LogP contribution in [-0.2, 0) is 0 Å². The average Bonchev–Trinajstić information content (AvgIpc) is 2.62. The van der Waals surface area contributed by atoms with Crippen LogP contribution in [-0.4, -0.2) is 54.6 Å². The number of aromatic nitrogens is 2. The van der Waals surface area contributed by atoms with Crippen molar-refractivity contribution in [2.75, 3.05) is 49.6 Å². The van der Waals surface area contributed by atoms with Crippen LogP contribution in [0.15, 0.2) is 42.6 Å². The van der Waals surface area contributed by atoms with Gasteiger partial charge in [-0.2, -0.15) is 4.98 Å². The van der Waals surface area contributed by atoms with Crippen LogP contribution in [0.25, 0.3) is 0 Å². The lowest BCUT2D eigenvalue weighted by atomic mass is 10.3. The molecule has 1 fully saturated rings. The minimum atomic E-state index is 0.830. The molecule has 1 aliphatic rings. The largest absolute Gasteiger partial charge is 0.338 e. The fraction of sp³-hybridized carbons (Fsp3) is 0.412. The van der Waals surface area contributed by atoms with Crippen molar-refractivity contribution in [2.45, 2.75) is 6.92 Å². The smallest absolute Gasteiger partial charge is 0.227 e. The molecule has 0 bridgehead atoms. The summed E-state index contributed by atoms with van der Waals surface area (Å²) in [6, 6.07) is 12.2. The van der Waals surface area contributed by atoms with E-state index in [9.17, 15) is 0 Å². The minimum Gasteiger partial charge on any atom is -0.338 e. The van der Waals surface area contributed by atoms with E-state index in [1.54, 1.807) is 0 Å². The zero-order valence-electron chi connectivity index (χ0n) is 13.3. The summed E-state index contributed by atoms with van der Waals surface area (Å²) in [5.74, 6) is 1.75. The van der Waals surface area contributed by atoms with Gasteiger partial charge >= 0.3 is 0 Å². The normalized spacial score (nSPS) is 15.8. The quantitative estimate of drug-likeness (QED) is 0.866. The van der Waals surface area contributed by atoms with Crippen molar-refractivity contribution in [1.29, 1.82) is 0 Å². The Balaban J connectivity index is 1.76. The Bertz CT molecular complexity index is 593. The average molecular weight is 297 g/mol. The molecule has 116 valence electrons. The van der Waals surface area contributed by atoms with E-state index in [1.807, 2.05) is 37.5 Å². The van der Waals surface area contributed by atoms with Crippen LogP contribution >= 0.6 is 0 Å². The zero-order chi connectivity index (χ0) is 15.4. The maximum Gasteiger partial charge on any atom is 0.227 e. The third-order valence-electron chi connectivity index (χ3n) is 4.22. The SMILES string of the molecule is CCN1CCN(c2nccc(N(C)c3ccccc3)n2)CC1. The Morgan fingerprint density at radius 3 is 2.45 bits per heavy atom. The summed E-state index contributed by atoms with van der Waals surface area (Å²) in [4.78, 5) is 16.0. The van der Waals surface area contributed by atoms with Gasteiger partial charge in [-0.3, -0.25) is 0 Å². The standard InChI is InChI=1S/C17H23N5/c1-3-21-11-13-22(14-12-21)17-18-10-9-16(19-17)20(2)15-7-5-4-6-8-15/h4-10H,3,11-14H2,1-2H3. The van der Waals surface area contributed by atoms with Crippen LogP contribution in [0, 0.1) is 0 Å². The van der Waals surface area contributed by atoms with E-state index < -0.39 is 0 Å². The topological polar surface area (TPSA) is 35.5 Å². The fourth-order valence-corrected chi connectivity index (χ4v) is 2.73. The molecule has 22 heavy (non-hydrogen) atoms. The summed E-state index contributed by atoms with van der Waals surface area (Å²) in [6.07, 6.45) is 1.85. The molecule has 0 saturated carbocycles. The lowest BCUT2D eigenvalue weighted by Crippen LogP contribution is -2.46. The summed E-state index contributed by atoms with van der Waals surface area (Å²) in [5.41, 5.74) is 1.13. The molecule has 3 rings (SSSR count). The predicted octanol–water partition coefficient (Wildman–Crippen LogP) is 2.39. The highest BCUT2D eigenvalue weighted by Crippen LogP contribution is 2.22. The number of piperazine rings is 1. The van der Waals surface area contributed by atoms with Gasteiger partial charge in [0.25, 0.3) is 0 Å². The van der Waals surface area contributed by atoms with Crippen molar-refractivity contribution >= 4 is 17.5 Å². The Labute approximate surface area is 132 Å². The second-order valence-corrected chi connectivity index (χ2v) is 5.53. The molecule has 2 aromatic rings. The van der Waals surface area contributed by atoms with Crippen molar-refractivity contribution in [3.63, 3.8) is 0 Å². The van der Waals surface area contributed by atoms with Crippen molar-refractivity contribution in [3.8, 4) is 0 Å². The number of hydrogen-bond acceptors (Lipinski definition) is 5. The highest BCUT2D eigenvalue weighted by molar-refractivity contribution is 5.59. The minimum absolute atomic E-state index is 0.830. The molecule has 1 aromatic heterocycles. The molecule has 0 aliphatic carbocycles. The molecule has 2 heterocycles. The highest BCUT2D eigenvalue weighted by atomic mass is 15.3. The molecule has 0 unspecified atom stereocenters. The molecule has 0 amide bonds. The van der Waals surface area contributed by atoms with Gasteiger partial charge in [-0.05, 0) is 24.7 Å². The van der Waals surface area contributed by atoms with E-state index in [1.165, 1.54) is 0 Å². The van der Waals surface area contributed by atoms with Gasteiger partial charge < -0.3 is 14.7 Å². The third-order valence-corrected chi connectivity index (χ3v) is 4.22. The lowest BCUT2D eigenvalue weighted by Gasteiger charge is -2.34. The maximum atomic E-state index is 4.75. The van der Waals surface area contributed by atoms with Gasteiger partial charge in [-0.1, -0.05) is 25.1 Å². The molecular formula is C17H23N5. The lowest BCUT2D eigenvalue weighted by molar-refractivity contribution is 0.270. The Kier molecular flexibility index (Phi) is 4.53. The summed E-state index contributed by atoms with van der Waals surface area (Å²) >= 11 is 0. The molecule has 1 aliphatic heterocycles. The second kappa shape index (κ2) is 6.75. The van der Waals surface area contributed by atoms with E-state index in [-0.39, 0.29) is 0 Å². The van der Waals surface area contributed by atoms with Crippen molar-refractivity contribution in [3.05, 3.63) is 42.6 Å². The molecule has 1 saturated heterocycles. The van der Waals surface area contributed by atoms with E-state index in [4.69, 9.17) is 4.98 Å². The Hall–Kier alpha value is -2.14. The summed E-state index contributed by atoms with van der Waals surface area (Å²) in [6.45, 7) is 7.48. The number of hydrogen-bond donors (Lipinski definition) is 0. The molecule has 0 atom stereocenters. The van der Waals surface area contributed by atoms with Gasteiger partial charge in [0, 0.05) is 45.1 Å². The van der Waals surface area contributed by atoms with E-state index in [2.05, 4.69) is 38.7 Å². The van der Waals surface area contributed by atoms with Gasteiger partial charge in [0.2, 0.25) is 5.95 Å². The third kappa shape index (κ3) is 3.20. The Morgan fingerprint density at radius 2 is 1.77 bits per heavy atom. The number of rotatable bonds is 4. The Morgan fingerprint density at radius 1 is 1.05 bits per heavy atom. The first-order valence-electron chi connectivity index (χ1n) is 7.87. The molecule has 1 aromatic carbocycles. The van der Waals surface area contributed by atoms with E-state index >= 15 is 0 Å². The van der Waals surface area contributed by atoms with Gasteiger partial charge in [0.15, 0.2) is 0 Å². The zero-order valence-corrected chi connectivity index (χ0v) is 13.3. The number of likely N-dealkylation sites (N-methyl/N-ethyl adjacent to an activating group) is 1.